The van der Waals surface area contributed by atoms with Crippen LogP contribution in [0.25, 0.3) is 10.9 Å². The summed E-state index contributed by atoms with van der Waals surface area (Å²) in [6.07, 6.45) is 1.07. The molecule has 3 aromatic rings. The number of nitrogens with one attached hydrogen (secondary N) is 2. The molecule has 1 unspecified atom stereocenters. The number of benzene rings is 2. The van der Waals surface area contributed by atoms with Gasteiger partial charge >= 0.3 is 0 Å². The van der Waals surface area contributed by atoms with Gasteiger partial charge in [0.15, 0.2) is 0 Å². The fourth-order valence-corrected chi connectivity index (χ4v) is 3.47. The molecule has 20 heavy (non-hydrogen) atoms. The zero-order valence-corrected chi connectivity index (χ0v) is 11.8. The number of hydrogen-bond acceptors (Lipinski definition) is 1. The molecule has 1 aliphatic heterocycles. The van der Waals surface area contributed by atoms with Crippen LogP contribution in [0.15, 0.2) is 42.5 Å². The second kappa shape index (κ2) is 4.14. The van der Waals surface area contributed by atoms with E-state index in [1.807, 2.05) is 0 Å². The number of rotatable bonds is 1. The lowest BCUT2D eigenvalue weighted by molar-refractivity contribution is 0.822. The van der Waals surface area contributed by atoms with Gasteiger partial charge in [0.1, 0.15) is 0 Å². The first-order valence-electron chi connectivity index (χ1n) is 7.16. The van der Waals surface area contributed by atoms with Gasteiger partial charge in [-0.1, -0.05) is 36.4 Å². The van der Waals surface area contributed by atoms with E-state index in [-0.39, 0.29) is 0 Å². The zero-order valence-electron chi connectivity index (χ0n) is 11.8. The average molecular weight is 262 g/mol. The van der Waals surface area contributed by atoms with Crippen LogP contribution in [0.3, 0.4) is 0 Å². The molecule has 0 spiro atoms. The van der Waals surface area contributed by atoms with Gasteiger partial charge in [0.25, 0.3) is 0 Å². The molecule has 0 aliphatic carbocycles. The maximum absolute atomic E-state index is 3.72. The van der Waals surface area contributed by atoms with Crippen molar-refractivity contribution < 1.29 is 0 Å². The number of hydrogen-bond donors (Lipinski definition) is 2. The third-order valence-electron chi connectivity index (χ3n) is 4.39. The first-order chi connectivity index (χ1) is 9.74. The minimum absolute atomic E-state index is 0.377. The van der Waals surface area contributed by atoms with Gasteiger partial charge in [-0.05, 0) is 37.5 Å². The topological polar surface area (TPSA) is 27.8 Å². The van der Waals surface area contributed by atoms with Crippen LogP contribution in [0.4, 0.5) is 5.69 Å². The molecular formula is C18H18N2. The van der Waals surface area contributed by atoms with E-state index in [4.69, 9.17) is 0 Å². The van der Waals surface area contributed by atoms with E-state index in [2.05, 4.69) is 66.6 Å². The van der Waals surface area contributed by atoms with E-state index in [0.717, 1.165) is 6.42 Å². The van der Waals surface area contributed by atoms with E-state index in [1.54, 1.807) is 0 Å². The van der Waals surface area contributed by atoms with Gasteiger partial charge in [-0.25, -0.2) is 0 Å². The molecule has 0 saturated carbocycles. The highest BCUT2D eigenvalue weighted by Gasteiger charge is 2.26. The van der Waals surface area contributed by atoms with Crippen molar-refractivity contribution in [2.75, 3.05) is 5.32 Å². The third kappa shape index (κ3) is 1.58. The molecule has 4 rings (SSSR count). The van der Waals surface area contributed by atoms with Crippen LogP contribution in [0.2, 0.25) is 0 Å². The van der Waals surface area contributed by atoms with Gasteiger partial charge in [-0.15, -0.1) is 0 Å². The summed E-state index contributed by atoms with van der Waals surface area (Å²) in [6.45, 7) is 4.35. The molecule has 1 aromatic heterocycles. The Morgan fingerprint density at radius 1 is 1.00 bits per heavy atom. The van der Waals surface area contributed by atoms with Crippen LogP contribution in [0.1, 0.15) is 28.4 Å². The number of fused-ring (bicyclic) bond motifs is 2. The highest BCUT2D eigenvalue weighted by molar-refractivity contribution is 5.86. The Labute approximate surface area is 118 Å². The molecule has 1 atom stereocenters. The quantitative estimate of drug-likeness (QED) is 0.664. The fourth-order valence-electron chi connectivity index (χ4n) is 3.47. The number of aryl methyl sites for hydroxylation is 2. The van der Waals surface area contributed by atoms with Crippen molar-refractivity contribution in [1.82, 2.24) is 4.98 Å². The number of para-hydroxylation sites is 2. The summed E-state index contributed by atoms with van der Waals surface area (Å²) < 4.78 is 0. The summed E-state index contributed by atoms with van der Waals surface area (Å²) in [4.78, 5) is 3.51. The van der Waals surface area contributed by atoms with Crippen molar-refractivity contribution in [2.24, 2.45) is 0 Å². The highest BCUT2D eigenvalue weighted by Crippen LogP contribution is 2.39. The third-order valence-corrected chi connectivity index (χ3v) is 4.39. The van der Waals surface area contributed by atoms with Gasteiger partial charge < -0.3 is 10.3 Å². The maximum Gasteiger partial charge on any atom is 0.0578 e. The second-order valence-corrected chi connectivity index (χ2v) is 5.72. The number of anilines is 1. The summed E-state index contributed by atoms with van der Waals surface area (Å²) >= 11 is 0. The normalized spacial score (nSPS) is 17.2. The molecule has 1 aliphatic rings. The molecule has 100 valence electrons. The van der Waals surface area contributed by atoms with Crippen molar-refractivity contribution in [2.45, 2.75) is 26.3 Å². The molecule has 0 radical (unpaired) electrons. The summed E-state index contributed by atoms with van der Waals surface area (Å²) in [5, 5.41) is 5.06. The molecule has 2 nitrogen and oxygen atoms in total. The van der Waals surface area contributed by atoms with Crippen molar-refractivity contribution >= 4 is 16.6 Å². The highest BCUT2D eigenvalue weighted by atomic mass is 15.0. The standard InChI is InChI=1S/C18H18N2/c1-11-6-5-7-13-10-16(20-18(11)13)17-12(2)19-15-9-4-3-8-14(15)17/h3-9,16,19-20H,10H2,1-2H3. The number of aromatic amines is 1. The van der Waals surface area contributed by atoms with Crippen LogP contribution >= 0.6 is 0 Å². The average Bonchev–Trinajstić information content (AvgIpc) is 2.99. The minimum Gasteiger partial charge on any atom is -0.377 e. The zero-order chi connectivity index (χ0) is 13.7. The fraction of sp³-hybridized carbons (Fsp3) is 0.222. The monoisotopic (exact) mass is 262 g/mol. The van der Waals surface area contributed by atoms with E-state index in [9.17, 15) is 0 Å². The van der Waals surface area contributed by atoms with E-state index >= 15 is 0 Å². The Bertz CT molecular complexity index is 798. The molecule has 0 fully saturated rings. The van der Waals surface area contributed by atoms with E-state index < -0.39 is 0 Å². The summed E-state index contributed by atoms with van der Waals surface area (Å²) in [5.41, 5.74) is 8.00. The summed E-state index contributed by atoms with van der Waals surface area (Å²) in [5.74, 6) is 0. The van der Waals surface area contributed by atoms with Crippen molar-refractivity contribution in [3.63, 3.8) is 0 Å². The van der Waals surface area contributed by atoms with Crippen LogP contribution in [0, 0.1) is 13.8 Å². The van der Waals surface area contributed by atoms with Gasteiger partial charge in [0, 0.05) is 27.8 Å². The van der Waals surface area contributed by atoms with Crippen LogP contribution in [0.5, 0.6) is 0 Å². The smallest absolute Gasteiger partial charge is 0.0578 e. The van der Waals surface area contributed by atoms with Gasteiger partial charge in [-0.3, -0.25) is 0 Å². The molecule has 2 N–H and O–H groups in total. The Kier molecular flexibility index (Phi) is 2.40. The Morgan fingerprint density at radius 3 is 2.70 bits per heavy atom. The van der Waals surface area contributed by atoms with Gasteiger partial charge in [0.05, 0.1) is 6.04 Å². The number of H-pyrrole nitrogens is 1. The first kappa shape index (κ1) is 11.6. The van der Waals surface area contributed by atoms with E-state index in [1.165, 1.54) is 39.0 Å². The maximum atomic E-state index is 3.72. The van der Waals surface area contributed by atoms with Crippen molar-refractivity contribution in [3.05, 3.63) is 64.8 Å². The SMILES string of the molecule is Cc1cccc2c1NC(c1c(C)[nH]c3ccccc13)C2. The Morgan fingerprint density at radius 2 is 1.85 bits per heavy atom. The lowest BCUT2D eigenvalue weighted by Crippen LogP contribution is -2.07. The van der Waals surface area contributed by atoms with Crippen LogP contribution < -0.4 is 5.32 Å². The lowest BCUT2D eigenvalue weighted by Gasteiger charge is -2.13. The van der Waals surface area contributed by atoms with Crippen LogP contribution in [-0.4, -0.2) is 4.98 Å². The summed E-state index contributed by atoms with van der Waals surface area (Å²) in [7, 11) is 0. The molecule has 0 bridgehead atoms. The van der Waals surface area contributed by atoms with Crippen LogP contribution in [-0.2, 0) is 6.42 Å². The predicted molar refractivity (Wildman–Crippen MR) is 84.3 cm³/mol. The molecule has 2 aromatic carbocycles. The number of aromatic nitrogens is 1. The first-order valence-corrected chi connectivity index (χ1v) is 7.16. The van der Waals surface area contributed by atoms with Gasteiger partial charge in [0.2, 0.25) is 0 Å². The second-order valence-electron chi connectivity index (χ2n) is 5.72. The molecule has 0 saturated heterocycles. The molecule has 2 heteroatoms. The van der Waals surface area contributed by atoms with Crippen molar-refractivity contribution in [3.8, 4) is 0 Å². The largest absolute Gasteiger partial charge is 0.377 e. The predicted octanol–water partition coefficient (Wildman–Crippen LogP) is 4.49. The Hall–Kier alpha value is -2.22. The van der Waals surface area contributed by atoms with Gasteiger partial charge in [-0.2, -0.15) is 0 Å². The minimum atomic E-state index is 0.377. The Balaban J connectivity index is 1.83. The molecule has 0 amide bonds. The summed E-state index contributed by atoms with van der Waals surface area (Å²) in [6, 6.07) is 15.5. The van der Waals surface area contributed by atoms with E-state index in [0.29, 0.717) is 6.04 Å². The lowest BCUT2D eigenvalue weighted by atomic mass is 9.99. The molecular weight excluding hydrogens is 244 g/mol. The molecule has 2 heterocycles. The van der Waals surface area contributed by atoms with Crippen molar-refractivity contribution in [1.29, 1.82) is 0 Å².